The summed E-state index contributed by atoms with van der Waals surface area (Å²) in [6, 6.07) is 10.8. The second kappa shape index (κ2) is 6.89. The summed E-state index contributed by atoms with van der Waals surface area (Å²) in [5.74, 6) is -0.337. The Balaban J connectivity index is 1.86. The lowest BCUT2D eigenvalue weighted by molar-refractivity contribution is -0.385. The third-order valence-electron chi connectivity index (χ3n) is 4.34. The number of non-ortho nitro benzene ring substituents is 1. The topological polar surface area (TPSA) is 80.5 Å². The third-order valence-corrected chi connectivity index (χ3v) is 6.29. The Morgan fingerprint density at radius 2 is 1.92 bits per heavy atom. The second-order valence-electron chi connectivity index (χ2n) is 6.00. The molecule has 0 aromatic heterocycles. The number of hydrogen-bond acceptors (Lipinski definition) is 4. The van der Waals surface area contributed by atoms with Gasteiger partial charge in [0.05, 0.1) is 9.82 Å². The summed E-state index contributed by atoms with van der Waals surface area (Å²) in [7, 11) is -3.82. The highest BCUT2D eigenvalue weighted by Crippen LogP contribution is 2.29. The molecule has 0 saturated carbocycles. The molecular weight excluding hydrogens is 347 g/mol. The van der Waals surface area contributed by atoms with E-state index in [9.17, 15) is 22.9 Å². The van der Waals surface area contributed by atoms with Crippen molar-refractivity contribution in [3.8, 4) is 0 Å². The zero-order valence-electron chi connectivity index (χ0n) is 13.3. The average molecular weight is 364 g/mol. The molecule has 0 amide bonds. The Kier molecular flexibility index (Phi) is 4.82. The van der Waals surface area contributed by atoms with Gasteiger partial charge in [-0.25, -0.2) is 12.8 Å². The number of nitro benzene ring substituents is 1. The van der Waals surface area contributed by atoms with Crippen molar-refractivity contribution < 1.29 is 17.7 Å². The van der Waals surface area contributed by atoms with Crippen molar-refractivity contribution in [2.45, 2.75) is 30.2 Å². The quantitative estimate of drug-likeness (QED) is 0.603. The third kappa shape index (κ3) is 3.69. The summed E-state index contributed by atoms with van der Waals surface area (Å²) in [6.45, 7) is 0.372. The summed E-state index contributed by atoms with van der Waals surface area (Å²) >= 11 is 0. The monoisotopic (exact) mass is 364 g/mol. The van der Waals surface area contributed by atoms with E-state index in [1.54, 1.807) is 12.1 Å². The number of nitrogens with zero attached hydrogens (tertiary/aromatic N) is 2. The van der Waals surface area contributed by atoms with Crippen LogP contribution in [0.5, 0.6) is 0 Å². The fraction of sp³-hybridized carbons (Fsp3) is 0.294. The van der Waals surface area contributed by atoms with E-state index < -0.39 is 14.9 Å². The van der Waals surface area contributed by atoms with Crippen LogP contribution in [0.15, 0.2) is 53.4 Å². The Labute approximate surface area is 145 Å². The Morgan fingerprint density at radius 1 is 1.20 bits per heavy atom. The highest BCUT2D eigenvalue weighted by atomic mass is 32.2. The standard InChI is InChI=1S/C17H17FN2O4S/c18-14-8-6-13(7-9-14)11-15-4-2-10-19(15)25(23,24)17-5-1-3-16(12-17)20(21)22/h1,3,5-9,12,15H,2,4,10-11H2. The van der Waals surface area contributed by atoms with E-state index in [0.717, 1.165) is 18.1 Å². The maximum Gasteiger partial charge on any atom is 0.270 e. The first-order valence-electron chi connectivity index (χ1n) is 7.88. The Hall–Kier alpha value is -2.32. The molecule has 1 aliphatic rings. The van der Waals surface area contributed by atoms with E-state index in [4.69, 9.17) is 0 Å². The van der Waals surface area contributed by atoms with Crippen molar-refractivity contribution in [2.24, 2.45) is 0 Å². The summed E-state index contributed by atoms with van der Waals surface area (Å²) in [6.07, 6.45) is 1.90. The van der Waals surface area contributed by atoms with E-state index in [0.29, 0.717) is 19.4 Å². The molecule has 2 aromatic carbocycles. The fourth-order valence-corrected chi connectivity index (χ4v) is 4.85. The van der Waals surface area contributed by atoms with Crippen molar-refractivity contribution in [3.63, 3.8) is 0 Å². The minimum atomic E-state index is -3.82. The van der Waals surface area contributed by atoms with Gasteiger partial charge in [-0.1, -0.05) is 18.2 Å². The molecule has 132 valence electrons. The van der Waals surface area contributed by atoms with E-state index in [-0.39, 0.29) is 22.4 Å². The Bertz CT molecular complexity index is 884. The van der Waals surface area contributed by atoms with Crippen molar-refractivity contribution >= 4 is 15.7 Å². The van der Waals surface area contributed by atoms with Gasteiger partial charge in [-0.15, -0.1) is 0 Å². The summed E-state index contributed by atoms with van der Waals surface area (Å²) in [5.41, 5.74) is 0.600. The molecule has 0 aliphatic carbocycles. The van der Waals surface area contributed by atoms with Crippen LogP contribution in [0.4, 0.5) is 10.1 Å². The zero-order valence-corrected chi connectivity index (χ0v) is 14.2. The highest BCUT2D eigenvalue weighted by Gasteiger charge is 2.35. The average Bonchev–Trinajstić information content (AvgIpc) is 3.06. The van der Waals surface area contributed by atoms with Gasteiger partial charge in [-0.2, -0.15) is 4.31 Å². The fourth-order valence-electron chi connectivity index (χ4n) is 3.12. The largest absolute Gasteiger partial charge is 0.270 e. The van der Waals surface area contributed by atoms with Crippen molar-refractivity contribution in [2.75, 3.05) is 6.54 Å². The first-order valence-corrected chi connectivity index (χ1v) is 9.33. The molecule has 0 N–H and O–H groups in total. The number of nitro groups is 1. The van der Waals surface area contributed by atoms with E-state index >= 15 is 0 Å². The molecule has 1 fully saturated rings. The molecule has 1 atom stereocenters. The molecule has 0 bridgehead atoms. The first kappa shape index (κ1) is 17.5. The van der Waals surface area contributed by atoms with E-state index in [1.165, 1.54) is 34.6 Å². The number of rotatable bonds is 5. The predicted octanol–water partition coefficient (Wildman–Crippen LogP) is 3.13. The van der Waals surface area contributed by atoms with Gasteiger partial charge < -0.3 is 0 Å². The SMILES string of the molecule is O=[N+]([O-])c1cccc(S(=O)(=O)N2CCCC2Cc2ccc(F)cc2)c1. The number of hydrogen-bond donors (Lipinski definition) is 0. The van der Waals surface area contributed by atoms with Crippen LogP contribution in [0.3, 0.4) is 0 Å². The molecule has 2 aromatic rings. The predicted molar refractivity (Wildman–Crippen MR) is 90.1 cm³/mol. The highest BCUT2D eigenvalue weighted by molar-refractivity contribution is 7.89. The van der Waals surface area contributed by atoms with E-state index in [2.05, 4.69) is 0 Å². The van der Waals surface area contributed by atoms with Crippen LogP contribution in [-0.2, 0) is 16.4 Å². The van der Waals surface area contributed by atoms with Crippen LogP contribution < -0.4 is 0 Å². The van der Waals surface area contributed by atoms with Crippen LogP contribution in [0.2, 0.25) is 0 Å². The van der Waals surface area contributed by atoms with Crippen molar-refractivity contribution in [1.82, 2.24) is 4.31 Å². The molecule has 6 nitrogen and oxygen atoms in total. The van der Waals surface area contributed by atoms with Crippen molar-refractivity contribution in [3.05, 3.63) is 70.0 Å². The van der Waals surface area contributed by atoms with Crippen molar-refractivity contribution in [1.29, 1.82) is 0 Å². The van der Waals surface area contributed by atoms with Crippen LogP contribution in [0.25, 0.3) is 0 Å². The minimum absolute atomic E-state index is 0.0762. The lowest BCUT2D eigenvalue weighted by Gasteiger charge is -2.24. The molecule has 0 spiro atoms. The van der Waals surface area contributed by atoms with Gasteiger partial charge in [0, 0.05) is 24.7 Å². The van der Waals surface area contributed by atoms with Crippen LogP contribution >= 0.6 is 0 Å². The van der Waals surface area contributed by atoms with Gasteiger partial charge in [0.1, 0.15) is 5.82 Å². The normalized spacial score (nSPS) is 18.4. The number of sulfonamides is 1. The number of halogens is 1. The van der Waals surface area contributed by atoms with Crippen LogP contribution in [-0.4, -0.2) is 30.2 Å². The maximum absolute atomic E-state index is 13.0. The lowest BCUT2D eigenvalue weighted by atomic mass is 10.0. The summed E-state index contributed by atoms with van der Waals surface area (Å²) in [5, 5.41) is 10.9. The molecule has 1 heterocycles. The minimum Gasteiger partial charge on any atom is -0.258 e. The van der Waals surface area contributed by atoms with Gasteiger partial charge in [-0.05, 0) is 43.0 Å². The van der Waals surface area contributed by atoms with Crippen LogP contribution in [0.1, 0.15) is 18.4 Å². The molecule has 25 heavy (non-hydrogen) atoms. The lowest BCUT2D eigenvalue weighted by Crippen LogP contribution is -2.36. The molecule has 8 heteroatoms. The molecule has 1 aliphatic heterocycles. The van der Waals surface area contributed by atoms with Gasteiger partial charge in [0.25, 0.3) is 5.69 Å². The summed E-state index contributed by atoms with van der Waals surface area (Å²) < 4.78 is 40.2. The van der Waals surface area contributed by atoms with E-state index in [1.807, 2.05) is 0 Å². The second-order valence-corrected chi connectivity index (χ2v) is 7.89. The molecule has 1 unspecified atom stereocenters. The van der Waals surface area contributed by atoms with Gasteiger partial charge in [0.2, 0.25) is 10.0 Å². The number of benzene rings is 2. The summed E-state index contributed by atoms with van der Waals surface area (Å²) in [4.78, 5) is 10.2. The molecule has 0 radical (unpaired) electrons. The zero-order chi connectivity index (χ0) is 18.0. The van der Waals surface area contributed by atoms with Crippen LogP contribution in [0, 0.1) is 15.9 Å². The molecule has 3 rings (SSSR count). The first-order chi connectivity index (χ1) is 11.9. The smallest absolute Gasteiger partial charge is 0.258 e. The maximum atomic E-state index is 13.0. The Morgan fingerprint density at radius 3 is 2.60 bits per heavy atom. The van der Waals surface area contributed by atoms with Gasteiger partial charge in [-0.3, -0.25) is 10.1 Å². The van der Waals surface area contributed by atoms with Gasteiger partial charge >= 0.3 is 0 Å². The molecule has 1 saturated heterocycles. The molecular formula is C17H17FN2O4S. The van der Waals surface area contributed by atoms with Gasteiger partial charge in [0.15, 0.2) is 0 Å².